The van der Waals surface area contributed by atoms with Crippen LogP contribution in [0.1, 0.15) is 51.8 Å². The molecule has 86 valence electrons. The minimum atomic E-state index is 0.0708. The molecule has 0 aliphatic heterocycles. The molecule has 0 spiro atoms. The largest absolute Gasteiger partial charge is 0.323 e. The summed E-state index contributed by atoms with van der Waals surface area (Å²) < 4.78 is 1.92. The monoisotopic (exact) mass is 210 g/mol. The summed E-state index contributed by atoms with van der Waals surface area (Å²) in [4.78, 5) is 0. The number of hydrogen-bond acceptors (Lipinski definition) is 3. The Morgan fingerprint density at radius 2 is 2.20 bits per heavy atom. The van der Waals surface area contributed by atoms with Crippen LogP contribution >= 0.6 is 0 Å². The quantitative estimate of drug-likeness (QED) is 0.782. The maximum Gasteiger partial charge on any atom is 0.0754 e. The number of aryl methyl sites for hydroxylation is 1. The van der Waals surface area contributed by atoms with Gasteiger partial charge in [-0.2, -0.15) is 0 Å². The van der Waals surface area contributed by atoms with Crippen molar-refractivity contribution in [2.24, 2.45) is 11.7 Å². The van der Waals surface area contributed by atoms with E-state index in [9.17, 15) is 0 Å². The minimum absolute atomic E-state index is 0.0708. The molecule has 2 atom stereocenters. The number of nitrogens with two attached hydrogens (primary N) is 1. The van der Waals surface area contributed by atoms with Gasteiger partial charge in [0.1, 0.15) is 0 Å². The van der Waals surface area contributed by atoms with Crippen molar-refractivity contribution < 1.29 is 0 Å². The topological polar surface area (TPSA) is 56.7 Å². The Kier molecular flexibility index (Phi) is 4.75. The minimum Gasteiger partial charge on any atom is -0.323 e. The molecule has 0 bridgehead atoms. The average Bonchev–Trinajstić information content (AvgIpc) is 2.66. The van der Waals surface area contributed by atoms with Gasteiger partial charge in [-0.3, -0.25) is 0 Å². The predicted octanol–water partition coefficient (Wildman–Crippen LogP) is 2.12. The molecule has 4 nitrogen and oxygen atoms in total. The standard InChI is InChI=1S/C11H22N4/c1-4-6-15-11(8-13-14-15)10(12)7-9(3)5-2/h8-10H,4-7,12H2,1-3H3. The second-order valence-electron chi connectivity index (χ2n) is 4.24. The smallest absolute Gasteiger partial charge is 0.0754 e. The number of rotatable bonds is 6. The Morgan fingerprint density at radius 1 is 1.47 bits per heavy atom. The second kappa shape index (κ2) is 5.85. The van der Waals surface area contributed by atoms with Gasteiger partial charge < -0.3 is 5.73 Å². The first-order chi connectivity index (χ1) is 7.19. The third-order valence-corrected chi connectivity index (χ3v) is 2.82. The first-order valence-electron chi connectivity index (χ1n) is 5.83. The van der Waals surface area contributed by atoms with Gasteiger partial charge in [-0.1, -0.05) is 32.4 Å². The van der Waals surface area contributed by atoms with Crippen molar-refractivity contribution in [3.63, 3.8) is 0 Å². The zero-order valence-electron chi connectivity index (χ0n) is 9.98. The predicted molar refractivity (Wildman–Crippen MR) is 61.3 cm³/mol. The summed E-state index contributed by atoms with van der Waals surface area (Å²) in [5.41, 5.74) is 7.21. The van der Waals surface area contributed by atoms with Gasteiger partial charge in [0.15, 0.2) is 0 Å². The fraction of sp³-hybridized carbons (Fsp3) is 0.818. The summed E-state index contributed by atoms with van der Waals surface area (Å²) in [6, 6.07) is 0.0708. The summed E-state index contributed by atoms with van der Waals surface area (Å²) in [7, 11) is 0. The Morgan fingerprint density at radius 3 is 2.80 bits per heavy atom. The molecule has 1 aromatic heterocycles. The van der Waals surface area contributed by atoms with Crippen LogP contribution in [0.3, 0.4) is 0 Å². The first kappa shape index (κ1) is 12.2. The summed E-state index contributed by atoms with van der Waals surface area (Å²) >= 11 is 0. The van der Waals surface area contributed by atoms with Crippen LogP contribution in [0.25, 0.3) is 0 Å². The molecule has 0 radical (unpaired) electrons. The van der Waals surface area contributed by atoms with Crippen molar-refractivity contribution in [1.29, 1.82) is 0 Å². The third kappa shape index (κ3) is 3.30. The lowest BCUT2D eigenvalue weighted by Gasteiger charge is -2.16. The molecule has 2 N–H and O–H groups in total. The van der Waals surface area contributed by atoms with Crippen molar-refractivity contribution in [3.05, 3.63) is 11.9 Å². The highest BCUT2D eigenvalue weighted by Gasteiger charge is 2.14. The van der Waals surface area contributed by atoms with Crippen LogP contribution in [0.2, 0.25) is 0 Å². The van der Waals surface area contributed by atoms with Crippen molar-refractivity contribution in [2.45, 2.75) is 52.6 Å². The van der Waals surface area contributed by atoms with Gasteiger partial charge in [0.05, 0.1) is 11.9 Å². The van der Waals surface area contributed by atoms with Crippen molar-refractivity contribution in [1.82, 2.24) is 15.0 Å². The van der Waals surface area contributed by atoms with Crippen LogP contribution in [-0.2, 0) is 6.54 Å². The van der Waals surface area contributed by atoms with E-state index in [0.29, 0.717) is 5.92 Å². The molecule has 0 aliphatic carbocycles. The lowest BCUT2D eigenvalue weighted by molar-refractivity contribution is 0.433. The van der Waals surface area contributed by atoms with E-state index in [0.717, 1.165) is 25.1 Å². The van der Waals surface area contributed by atoms with E-state index in [2.05, 4.69) is 31.1 Å². The van der Waals surface area contributed by atoms with Gasteiger partial charge in [-0.15, -0.1) is 5.10 Å². The molecule has 1 heterocycles. The summed E-state index contributed by atoms with van der Waals surface area (Å²) in [6.45, 7) is 7.46. The molecule has 0 aromatic carbocycles. The van der Waals surface area contributed by atoms with Crippen LogP contribution in [0.5, 0.6) is 0 Å². The van der Waals surface area contributed by atoms with Crippen LogP contribution in [0.4, 0.5) is 0 Å². The van der Waals surface area contributed by atoms with Crippen LogP contribution in [0, 0.1) is 5.92 Å². The van der Waals surface area contributed by atoms with E-state index in [1.807, 2.05) is 4.68 Å². The summed E-state index contributed by atoms with van der Waals surface area (Å²) in [6.07, 6.45) is 5.03. The van der Waals surface area contributed by atoms with Gasteiger partial charge in [0.2, 0.25) is 0 Å². The van der Waals surface area contributed by atoms with Crippen LogP contribution in [-0.4, -0.2) is 15.0 Å². The SMILES string of the molecule is CCCn1nncc1C(N)CC(C)CC. The molecule has 0 fully saturated rings. The first-order valence-corrected chi connectivity index (χ1v) is 5.83. The van der Waals surface area contributed by atoms with E-state index in [-0.39, 0.29) is 6.04 Å². The highest BCUT2D eigenvalue weighted by Crippen LogP contribution is 2.19. The molecule has 4 heteroatoms. The van der Waals surface area contributed by atoms with Gasteiger partial charge in [0.25, 0.3) is 0 Å². The Hall–Kier alpha value is -0.900. The highest BCUT2D eigenvalue weighted by molar-refractivity contribution is 5.01. The molecule has 0 amide bonds. The molecule has 1 aromatic rings. The van der Waals surface area contributed by atoms with Crippen molar-refractivity contribution >= 4 is 0 Å². The van der Waals surface area contributed by atoms with Gasteiger partial charge in [-0.05, 0) is 18.8 Å². The fourth-order valence-corrected chi connectivity index (χ4v) is 1.66. The van der Waals surface area contributed by atoms with Gasteiger partial charge >= 0.3 is 0 Å². The molecular weight excluding hydrogens is 188 g/mol. The molecular formula is C11H22N4. The second-order valence-corrected chi connectivity index (χ2v) is 4.24. The van der Waals surface area contributed by atoms with E-state index in [1.54, 1.807) is 6.20 Å². The molecule has 2 unspecified atom stereocenters. The lowest BCUT2D eigenvalue weighted by Crippen LogP contribution is -2.18. The van der Waals surface area contributed by atoms with E-state index < -0.39 is 0 Å². The number of hydrogen-bond donors (Lipinski definition) is 1. The van der Waals surface area contributed by atoms with Crippen LogP contribution in [0.15, 0.2) is 6.20 Å². The number of nitrogens with zero attached hydrogens (tertiary/aromatic N) is 3. The zero-order chi connectivity index (χ0) is 11.3. The lowest BCUT2D eigenvalue weighted by atomic mass is 9.98. The molecule has 0 saturated heterocycles. The molecule has 0 aliphatic rings. The molecule has 15 heavy (non-hydrogen) atoms. The average molecular weight is 210 g/mol. The molecule has 1 rings (SSSR count). The van der Waals surface area contributed by atoms with E-state index in [4.69, 9.17) is 5.73 Å². The fourth-order valence-electron chi connectivity index (χ4n) is 1.66. The maximum atomic E-state index is 6.15. The van der Waals surface area contributed by atoms with Crippen LogP contribution < -0.4 is 5.73 Å². The zero-order valence-corrected chi connectivity index (χ0v) is 9.98. The third-order valence-electron chi connectivity index (χ3n) is 2.82. The Balaban J connectivity index is 2.63. The summed E-state index contributed by atoms with van der Waals surface area (Å²) in [5, 5.41) is 7.97. The number of aromatic nitrogens is 3. The van der Waals surface area contributed by atoms with Gasteiger partial charge in [0, 0.05) is 12.6 Å². The molecule has 0 saturated carbocycles. The Labute approximate surface area is 91.9 Å². The normalized spacial score (nSPS) is 15.2. The van der Waals surface area contributed by atoms with Crippen molar-refractivity contribution in [3.8, 4) is 0 Å². The van der Waals surface area contributed by atoms with Gasteiger partial charge in [-0.25, -0.2) is 4.68 Å². The van der Waals surface area contributed by atoms with E-state index >= 15 is 0 Å². The summed E-state index contributed by atoms with van der Waals surface area (Å²) in [5.74, 6) is 0.657. The van der Waals surface area contributed by atoms with Crippen molar-refractivity contribution in [2.75, 3.05) is 0 Å². The highest BCUT2D eigenvalue weighted by atomic mass is 15.4. The maximum absolute atomic E-state index is 6.15. The Bertz CT molecular complexity index is 282. The van der Waals surface area contributed by atoms with E-state index in [1.165, 1.54) is 6.42 Å².